The van der Waals surface area contributed by atoms with Crippen LogP contribution in [0.4, 0.5) is 0 Å². The molecule has 0 saturated carbocycles. The van der Waals surface area contributed by atoms with Gasteiger partial charge in [0.25, 0.3) is 0 Å². The zero-order chi connectivity index (χ0) is 20.2. The van der Waals surface area contributed by atoms with Gasteiger partial charge in [-0.2, -0.15) is 10.2 Å². The molecule has 0 atom stereocenters. The van der Waals surface area contributed by atoms with Crippen LogP contribution < -0.4 is 0 Å². The largest absolute Gasteiger partial charge is 0.334 e. The smallest absolute Gasteiger partial charge is 0.181 e. The summed E-state index contributed by atoms with van der Waals surface area (Å²) in [7, 11) is 1.89. The number of aromatic amines is 2. The van der Waals surface area contributed by atoms with Crippen LogP contribution in [-0.2, 0) is 7.05 Å². The topological polar surface area (TPSA) is 119 Å². The second-order valence-electron chi connectivity index (χ2n) is 7.13. The fourth-order valence-electron chi connectivity index (χ4n) is 3.59. The molecule has 0 aromatic carbocycles. The molecule has 0 aliphatic heterocycles. The molecule has 0 spiro atoms. The van der Waals surface area contributed by atoms with Gasteiger partial charge in [-0.1, -0.05) is 0 Å². The van der Waals surface area contributed by atoms with Crippen LogP contribution in [0.5, 0.6) is 0 Å². The van der Waals surface area contributed by atoms with Gasteiger partial charge >= 0.3 is 0 Å². The standard InChI is InChI=1S/C20H16N10/c1-11-8-30(10-23-11)15-3-4-21-19-17(15)25-20(26-19)16-14-5-12(6-22-18(14)28-27-16)13-7-24-29(2)9-13/h3-10H,1-2H3,(H,21,25,26)(H,22,27,28). The number of hydrogen-bond donors (Lipinski definition) is 2. The number of aromatic nitrogens is 10. The summed E-state index contributed by atoms with van der Waals surface area (Å²) in [5.41, 5.74) is 6.64. The summed E-state index contributed by atoms with van der Waals surface area (Å²) >= 11 is 0. The second-order valence-corrected chi connectivity index (χ2v) is 7.13. The summed E-state index contributed by atoms with van der Waals surface area (Å²) < 4.78 is 3.72. The average Bonchev–Trinajstić information content (AvgIpc) is 3.52. The number of H-pyrrole nitrogens is 2. The van der Waals surface area contributed by atoms with E-state index in [1.54, 1.807) is 23.4 Å². The average molecular weight is 396 g/mol. The Bertz CT molecular complexity index is 1530. The molecule has 0 bridgehead atoms. The highest BCUT2D eigenvalue weighted by Crippen LogP contribution is 2.29. The number of imidazole rings is 2. The Labute approximate surface area is 169 Å². The van der Waals surface area contributed by atoms with Crippen LogP contribution in [0.3, 0.4) is 0 Å². The molecule has 6 rings (SSSR count). The van der Waals surface area contributed by atoms with Crippen molar-refractivity contribution in [1.29, 1.82) is 0 Å². The Morgan fingerprint density at radius 3 is 2.73 bits per heavy atom. The molecule has 6 aromatic rings. The van der Waals surface area contributed by atoms with E-state index in [-0.39, 0.29) is 0 Å². The molecule has 30 heavy (non-hydrogen) atoms. The van der Waals surface area contributed by atoms with E-state index in [0.717, 1.165) is 39.1 Å². The van der Waals surface area contributed by atoms with E-state index in [4.69, 9.17) is 0 Å². The molecular weight excluding hydrogens is 380 g/mol. The van der Waals surface area contributed by atoms with Crippen LogP contribution in [0.2, 0.25) is 0 Å². The minimum atomic E-state index is 0.618. The molecule has 0 amide bonds. The Balaban J connectivity index is 1.52. The maximum absolute atomic E-state index is 4.69. The first-order valence-corrected chi connectivity index (χ1v) is 9.35. The number of rotatable bonds is 3. The van der Waals surface area contributed by atoms with Crippen molar-refractivity contribution < 1.29 is 0 Å². The monoisotopic (exact) mass is 396 g/mol. The lowest BCUT2D eigenvalue weighted by atomic mass is 10.1. The van der Waals surface area contributed by atoms with Crippen LogP contribution in [0.1, 0.15) is 5.69 Å². The number of pyridine rings is 2. The van der Waals surface area contributed by atoms with Crippen molar-refractivity contribution in [2.45, 2.75) is 6.92 Å². The van der Waals surface area contributed by atoms with E-state index in [0.29, 0.717) is 17.1 Å². The van der Waals surface area contributed by atoms with Gasteiger partial charge in [0.2, 0.25) is 0 Å². The summed E-state index contributed by atoms with van der Waals surface area (Å²) in [6, 6.07) is 3.97. The molecule has 146 valence electrons. The number of fused-ring (bicyclic) bond motifs is 2. The van der Waals surface area contributed by atoms with E-state index in [1.807, 2.05) is 49.3 Å². The molecule has 0 fully saturated rings. The van der Waals surface area contributed by atoms with Gasteiger partial charge in [-0.05, 0) is 19.1 Å². The number of aryl methyl sites for hydroxylation is 2. The maximum atomic E-state index is 4.69. The van der Waals surface area contributed by atoms with Crippen LogP contribution in [0.15, 0.2) is 49.4 Å². The SMILES string of the molecule is Cc1cn(-c2ccnc3nc(-c4[nH]nc5ncc(-c6cnn(C)c6)cc45)[nH]c23)cn1. The van der Waals surface area contributed by atoms with E-state index in [1.165, 1.54) is 0 Å². The molecule has 0 saturated heterocycles. The normalized spacial score (nSPS) is 11.7. The van der Waals surface area contributed by atoms with E-state index >= 15 is 0 Å². The molecule has 2 N–H and O–H groups in total. The Hall–Kier alpha value is -4.34. The third-order valence-electron chi connectivity index (χ3n) is 5.04. The summed E-state index contributed by atoms with van der Waals surface area (Å²) in [6.45, 7) is 1.96. The van der Waals surface area contributed by atoms with Crippen LogP contribution in [0, 0.1) is 6.92 Å². The lowest BCUT2D eigenvalue weighted by Gasteiger charge is -2.02. The molecule has 10 heteroatoms. The van der Waals surface area contributed by atoms with Gasteiger partial charge in [0.15, 0.2) is 17.1 Å². The van der Waals surface area contributed by atoms with Gasteiger partial charge in [-0.15, -0.1) is 0 Å². The van der Waals surface area contributed by atoms with Crippen molar-refractivity contribution in [3.05, 3.63) is 55.1 Å². The van der Waals surface area contributed by atoms with Crippen molar-refractivity contribution in [3.8, 4) is 28.3 Å². The number of hydrogen-bond acceptors (Lipinski definition) is 6. The van der Waals surface area contributed by atoms with Crippen molar-refractivity contribution in [2.24, 2.45) is 7.05 Å². The predicted molar refractivity (Wildman–Crippen MR) is 111 cm³/mol. The molecule has 10 nitrogen and oxygen atoms in total. The molecule has 0 aliphatic carbocycles. The highest BCUT2D eigenvalue weighted by Gasteiger charge is 2.16. The highest BCUT2D eigenvalue weighted by atomic mass is 15.2. The predicted octanol–water partition coefficient (Wildman–Crippen LogP) is 2.79. The van der Waals surface area contributed by atoms with Crippen LogP contribution >= 0.6 is 0 Å². The minimum absolute atomic E-state index is 0.618. The van der Waals surface area contributed by atoms with Crippen molar-refractivity contribution in [1.82, 2.24) is 49.5 Å². The molecule has 0 radical (unpaired) electrons. The zero-order valence-electron chi connectivity index (χ0n) is 16.2. The van der Waals surface area contributed by atoms with Gasteiger partial charge in [-0.25, -0.2) is 19.9 Å². The van der Waals surface area contributed by atoms with Gasteiger partial charge in [0.1, 0.15) is 11.2 Å². The van der Waals surface area contributed by atoms with Gasteiger partial charge in [-0.3, -0.25) is 9.78 Å². The second kappa shape index (κ2) is 6.08. The Morgan fingerprint density at radius 1 is 1.00 bits per heavy atom. The van der Waals surface area contributed by atoms with E-state index in [9.17, 15) is 0 Å². The Kier molecular flexibility index (Phi) is 3.36. The van der Waals surface area contributed by atoms with Crippen molar-refractivity contribution in [2.75, 3.05) is 0 Å². The summed E-state index contributed by atoms with van der Waals surface area (Å²) in [6.07, 6.45) is 11.0. The van der Waals surface area contributed by atoms with Crippen LogP contribution in [-0.4, -0.2) is 49.5 Å². The Morgan fingerprint density at radius 2 is 1.93 bits per heavy atom. The lowest BCUT2D eigenvalue weighted by Crippen LogP contribution is -1.92. The lowest BCUT2D eigenvalue weighted by molar-refractivity contribution is 0.768. The first kappa shape index (κ1) is 16.6. The first-order chi connectivity index (χ1) is 14.7. The highest BCUT2D eigenvalue weighted by molar-refractivity contribution is 5.94. The van der Waals surface area contributed by atoms with Crippen molar-refractivity contribution >= 4 is 22.2 Å². The maximum Gasteiger partial charge on any atom is 0.181 e. The molecule has 0 unspecified atom stereocenters. The zero-order valence-corrected chi connectivity index (χ0v) is 16.2. The van der Waals surface area contributed by atoms with Crippen molar-refractivity contribution in [3.63, 3.8) is 0 Å². The van der Waals surface area contributed by atoms with E-state index < -0.39 is 0 Å². The summed E-state index contributed by atoms with van der Waals surface area (Å²) in [5, 5.41) is 12.5. The molecule has 6 heterocycles. The first-order valence-electron chi connectivity index (χ1n) is 9.35. The third-order valence-corrected chi connectivity index (χ3v) is 5.04. The quantitative estimate of drug-likeness (QED) is 0.475. The summed E-state index contributed by atoms with van der Waals surface area (Å²) in [5.74, 6) is 0.648. The van der Waals surface area contributed by atoms with Gasteiger partial charge in [0.05, 0.1) is 29.3 Å². The summed E-state index contributed by atoms with van der Waals surface area (Å²) in [4.78, 5) is 21.3. The van der Waals surface area contributed by atoms with Gasteiger partial charge < -0.3 is 9.55 Å². The number of nitrogens with one attached hydrogen (secondary N) is 2. The minimum Gasteiger partial charge on any atom is -0.334 e. The third kappa shape index (κ3) is 2.50. The molecule has 6 aromatic heterocycles. The van der Waals surface area contributed by atoms with Crippen LogP contribution in [0.25, 0.3) is 50.5 Å². The van der Waals surface area contributed by atoms with Gasteiger partial charge in [0, 0.05) is 43.0 Å². The molecule has 0 aliphatic rings. The van der Waals surface area contributed by atoms with E-state index in [2.05, 4.69) is 40.2 Å². The fourth-order valence-corrected chi connectivity index (χ4v) is 3.59. The fraction of sp³-hybridized carbons (Fsp3) is 0.100. The number of nitrogens with zero attached hydrogens (tertiary/aromatic N) is 8. The molecular formula is C20H16N10.